The van der Waals surface area contributed by atoms with Crippen molar-refractivity contribution in [2.45, 2.75) is 18.8 Å². The zero-order valence-corrected chi connectivity index (χ0v) is 17.2. The van der Waals surface area contributed by atoms with Gasteiger partial charge in [0.15, 0.2) is 6.20 Å². The standard InChI is InChI=1S/C26H25N3O/c1-28-15-12-20(13-16-28)24-18-23(19-8-4-2-5-9-19)22-14-17-29(30)26(25(22)27-24)21-10-6-3-7-11-21/h2-11,14,17-18,20H,12-13,15-16H2,1H3. The number of piperidine rings is 1. The van der Waals surface area contributed by atoms with Crippen molar-refractivity contribution >= 4 is 10.9 Å². The molecule has 1 fully saturated rings. The third kappa shape index (κ3) is 3.44. The minimum Gasteiger partial charge on any atom is -0.618 e. The fourth-order valence-corrected chi connectivity index (χ4v) is 4.48. The van der Waals surface area contributed by atoms with Crippen LogP contribution in [0.4, 0.5) is 0 Å². The lowest BCUT2D eigenvalue weighted by Crippen LogP contribution is -2.30. The quantitative estimate of drug-likeness (QED) is 0.362. The molecular formula is C26H25N3O. The monoisotopic (exact) mass is 395 g/mol. The van der Waals surface area contributed by atoms with Crippen LogP contribution in [0.3, 0.4) is 0 Å². The topological polar surface area (TPSA) is 43.1 Å². The molecule has 0 unspecified atom stereocenters. The van der Waals surface area contributed by atoms with Crippen LogP contribution in [0.5, 0.6) is 0 Å². The first kappa shape index (κ1) is 18.8. The van der Waals surface area contributed by atoms with Gasteiger partial charge in [-0.1, -0.05) is 48.5 Å². The molecule has 2 aromatic heterocycles. The van der Waals surface area contributed by atoms with Crippen molar-refractivity contribution in [1.29, 1.82) is 0 Å². The normalized spacial score (nSPS) is 15.5. The second-order valence-electron chi connectivity index (χ2n) is 8.16. The van der Waals surface area contributed by atoms with E-state index in [0.717, 1.165) is 63.9 Å². The van der Waals surface area contributed by atoms with Gasteiger partial charge in [0.2, 0.25) is 5.69 Å². The number of benzene rings is 2. The molecule has 1 aliphatic rings. The summed E-state index contributed by atoms with van der Waals surface area (Å²) in [4.78, 5) is 7.48. The van der Waals surface area contributed by atoms with Gasteiger partial charge in [-0.05, 0) is 62.3 Å². The Hall–Kier alpha value is -3.24. The smallest absolute Gasteiger partial charge is 0.250 e. The van der Waals surface area contributed by atoms with Crippen molar-refractivity contribution in [3.8, 4) is 22.4 Å². The highest BCUT2D eigenvalue weighted by Crippen LogP contribution is 2.36. The van der Waals surface area contributed by atoms with Gasteiger partial charge in [0.05, 0.1) is 0 Å². The molecule has 1 saturated heterocycles. The molecule has 0 bridgehead atoms. The SMILES string of the molecule is CN1CCC(c2cc(-c3ccccc3)c3cc[n+]([O-])c(-c4ccccc4)c3n2)CC1. The Bertz CT molecular complexity index is 1170. The molecule has 3 heterocycles. The van der Waals surface area contributed by atoms with Gasteiger partial charge in [0.25, 0.3) is 0 Å². The molecule has 0 spiro atoms. The fourth-order valence-electron chi connectivity index (χ4n) is 4.48. The Morgan fingerprint density at radius 1 is 0.900 bits per heavy atom. The van der Waals surface area contributed by atoms with Crippen molar-refractivity contribution in [1.82, 2.24) is 9.88 Å². The molecule has 0 aliphatic carbocycles. The number of fused-ring (bicyclic) bond motifs is 1. The number of nitrogens with zero attached hydrogens (tertiary/aromatic N) is 3. The minimum absolute atomic E-state index is 0.414. The van der Waals surface area contributed by atoms with E-state index < -0.39 is 0 Å². The van der Waals surface area contributed by atoms with Crippen LogP contribution in [0, 0.1) is 5.21 Å². The van der Waals surface area contributed by atoms with E-state index in [1.165, 1.54) is 0 Å². The number of hydrogen-bond acceptors (Lipinski definition) is 3. The molecule has 30 heavy (non-hydrogen) atoms. The Labute approximate surface area is 177 Å². The van der Waals surface area contributed by atoms with Gasteiger partial charge in [-0.2, -0.15) is 4.73 Å². The molecule has 0 N–H and O–H groups in total. The van der Waals surface area contributed by atoms with Gasteiger partial charge in [-0.25, -0.2) is 4.98 Å². The predicted octanol–water partition coefficient (Wildman–Crippen LogP) is 5.01. The van der Waals surface area contributed by atoms with E-state index in [1.807, 2.05) is 42.5 Å². The van der Waals surface area contributed by atoms with E-state index in [2.05, 4.69) is 42.3 Å². The molecule has 0 amide bonds. The van der Waals surface area contributed by atoms with E-state index in [4.69, 9.17) is 4.98 Å². The first-order valence-electron chi connectivity index (χ1n) is 10.6. The molecule has 0 radical (unpaired) electrons. The highest BCUT2D eigenvalue weighted by atomic mass is 16.5. The molecule has 4 nitrogen and oxygen atoms in total. The summed E-state index contributed by atoms with van der Waals surface area (Å²) in [5, 5.41) is 13.9. The summed E-state index contributed by atoms with van der Waals surface area (Å²) in [6.45, 7) is 2.15. The second kappa shape index (κ2) is 7.88. The van der Waals surface area contributed by atoms with Crippen molar-refractivity contribution in [3.05, 3.63) is 89.9 Å². The summed E-state index contributed by atoms with van der Waals surface area (Å²) >= 11 is 0. The van der Waals surface area contributed by atoms with Crippen LogP contribution in [0.25, 0.3) is 33.3 Å². The second-order valence-corrected chi connectivity index (χ2v) is 8.16. The summed E-state index contributed by atoms with van der Waals surface area (Å²) in [5.41, 5.74) is 5.70. The maximum Gasteiger partial charge on any atom is 0.250 e. The molecule has 4 aromatic rings. The Morgan fingerprint density at radius 3 is 2.20 bits per heavy atom. The molecule has 5 rings (SSSR count). The predicted molar refractivity (Wildman–Crippen MR) is 121 cm³/mol. The van der Waals surface area contributed by atoms with E-state index in [1.54, 1.807) is 6.20 Å². The Morgan fingerprint density at radius 2 is 1.53 bits per heavy atom. The highest BCUT2D eigenvalue weighted by Gasteiger charge is 2.24. The van der Waals surface area contributed by atoms with Crippen LogP contribution in [-0.2, 0) is 0 Å². The van der Waals surface area contributed by atoms with Crippen LogP contribution >= 0.6 is 0 Å². The number of rotatable bonds is 3. The lowest BCUT2D eigenvalue weighted by molar-refractivity contribution is -0.592. The van der Waals surface area contributed by atoms with Crippen molar-refractivity contribution < 1.29 is 4.73 Å². The first-order valence-corrected chi connectivity index (χ1v) is 10.6. The first-order chi connectivity index (χ1) is 14.7. The maximum absolute atomic E-state index is 12.9. The number of aromatic nitrogens is 2. The van der Waals surface area contributed by atoms with Gasteiger partial charge >= 0.3 is 0 Å². The minimum atomic E-state index is 0.414. The summed E-state index contributed by atoms with van der Waals surface area (Å²) in [5.74, 6) is 0.414. The van der Waals surface area contributed by atoms with Gasteiger partial charge in [-0.15, -0.1) is 0 Å². The zero-order chi connectivity index (χ0) is 20.5. The lowest BCUT2D eigenvalue weighted by Gasteiger charge is -2.29. The fraction of sp³-hybridized carbons (Fsp3) is 0.231. The average Bonchev–Trinajstić information content (AvgIpc) is 2.80. The molecular weight excluding hydrogens is 370 g/mol. The van der Waals surface area contributed by atoms with Gasteiger partial charge in [0, 0.05) is 28.6 Å². The number of hydrogen-bond donors (Lipinski definition) is 0. The van der Waals surface area contributed by atoms with Crippen molar-refractivity contribution in [2.24, 2.45) is 0 Å². The number of pyridine rings is 2. The molecule has 150 valence electrons. The average molecular weight is 396 g/mol. The van der Waals surface area contributed by atoms with Gasteiger partial charge in [-0.3, -0.25) is 0 Å². The maximum atomic E-state index is 12.9. The molecule has 0 saturated carbocycles. The van der Waals surface area contributed by atoms with Crippen LogP contribution < -0.4 is 4.73 Å². The third-order valence-corrected chi connectivity index (χ3v) is 6.17. The van der Waals surface area contributed by atoms with Crippen molar-refractivity contribution in [3.63, 3.8) is 0 Å². The summed E-state index contributed by atoms with van der Waals surface area (Å²) < 4.78 is 0.956. The van der Waals surface area contributed by atoms with E-state index in [0.29, 0.717) is 11.6 Å². The Balaban J connectivity index is 1.78. The van der Waals surface area contributed by atoms with E-state index in [-0.39, 0.29) is 0 Å². The lowest BCUT2D eigenvalue weighted by atomic mass is 9.90. The molecule has 2 aromatic carbocycles. The van der Waals surface area contributed by atoms with E-state index >= 15 is 0 Å². The Kier molecular flexibility index (Phi) is 4.93. The summed E-state index contributed by atoms with van der Waals surface area (Å²) in [6.07, 6.45) is 3.79. The van der Waals surface area contributed by atoms with Crippen LogP contribution in [0.1, 0.15) is 24.5 Å². The van der Waals surface area contributed by atoms with Crippen LogP contribution in [0.2, 0.25) is 0 Å². The van der Waals surface area contributed by atoms with E-state index in [9.17, 15) is 5.21 Å². The molecule has 4 heteroatoms. The number of likely N-dealkylation sites (tertiary alicyclic amines) is 1. The summed E-state index contributed by atoms with van der Waals surface area (Å²) in [7, 11) is 2.17. The van der Waals surface area contributed by atoms with Crippen molar-refractivity contribution in [2.75, 3.05) is 20.1 Å². The largest absolute Gasteiger partial charge is 0.618 e. The van der Waals surface area contributed by atoms with Gasteiger partial charge in [0.1, 0.15) is 5.52 Å². The third-order valence-electron chi connectivity index (χ3n) is 6.17. The molecule has 0 atom stereocenters. The highest BCUT2D eigenvalue weighted by molar-refractivity contribution is 5.99. The van der Waals surface area contributed by atoms with Crippen LogP contribution in [-0.4, -0.2) is 30.0 Å². The molecule has 1 aliphatic heterocycles. The summed E-state index contributed by atoms with van der Waals surface area (Å²) in [6, 6.07) is 24.4. The van der Waals surface area contributed by atoms with Gasteiger partial charge < -0.3 is 10.1 Å². The zero-order valence-electron chi connectivity index (χ0n) is 17.2. The van der Waals surface area contributed by atoms with Crippen LogP contribution in [0.15, 0.2) is 79.0 Å².